The molecule has 0 N–H and O–H groups in total. The molecule has 2 aromatic carbocycles. The van der Waals surface area contributed by atoms with Crippen molar-refractivity contribution >= 4 is 16.5 Å². The summed E-state index contributed by atoms with van der Waals surface area (Å²) in [6.45, 7) is 9.13. The van der Waals surface area contributed by atoms with Gasteiger partial charge >= 0.3 is 0 Å². The first-order valence-corrected chi connectivity index (χ1v) is 12.2. The van der Waals surface area contributed by atoms with Crippen LogP contribution in [0.2, 0.25) is 0 Å². The topological polar surface area (TPSA) is 47.6 Å². The van der Waals surface area contributed by atoms with Crippen LogP contribution >= 0.6 is 0 Å². The summed E-state index contributed by atoms with van der Waals surface area (Å²) in [5.41, 5.74) is 4.45. The Morgan fingerprint density at radius 2 is 1.75 bits per heavy atom. The number of benzene rings is 2. The highest BCUT2D eigenvalue weighted by atomic mass is 16.7. The lowest BCUT2D eigenvalue weighted by atomic mass is 9.66. The Labute approximate surface area is 190 Å². The zero-order chi connectivity index (χ0) is 22.1. The van der Waals surface area contributed by atoms with Crippen molar-refractivity contribution in [3.05, 3.63) is 53.7 Å². The van der Waals surface area contributed by atoms with Crippen molar-refractivity contribution in [1.82, 2.24) is 5.16 Å². The van der Waals surface area contributed by atoms with Crippen molar-refractivity contribution in [3.63, 3.8) is 0 Å². The molecule has 0 bridgehead atoms. The number of aromatic nitrogens is 1. The van der Waals surface area contributed by atoms with Crippen LogP contribution in [-0.2, 0) is 16.7 Å². The molecule has 1 fully saturated rings. The fraction of sp³-hybridized carbons (Fsp3) is 0.500. The van der Waals surface area contributed by atoms with E-state index in [0.29, 0.717) is 17.8 Å². The van der Waals surface area contributed by atoms with Crippen molar-refractivity contribution in [3.8, 4) is 11.3 Å². The van der Waals surface area contributed by atoms with E-state index < -0.39 is 0 Å². The molecular weight excluding hydrogens is 396 g/mol. The highest BCUT2D eigenvalue weighted by molar-refractivity contribution is 6.01. The van der Waals surface area contributed by atoms with Gasteiger partial charge in [0.1, 0.15) is 5.60 Å². The summed E-state index contributed by atoms with van der Waals surface area (Å²) in [5, 5.41) is 12.0. The second-order valence-electron chi connectivity index (χ2n) is 10.6. The molecule has 3 aromatic rings. The van der Waals surface area contributed by atoms with E-state index in [1.165, 1.54) is 22.0 Å². The van der Waals surface area contributed by atoms with Gasteiger partial charge in [0.15, 0.2) is 5.76 Å². The van der Waals surface area contributed by atoms with E-state index in [2.05, 4.69) is 70.2 Å². The van der Waals surface area contributed by atoms with Gasteiger partial charge < -0.3 is 9.36 Å². The summed E-state index contributed by atoms with van der Waals surface area (Å²) in [7, 11) is 0. The largest absolute Gasteiger partial charge is 0.388 e. The fourth-order valence-corrected chi connectivity index (χ4v) is 7.18. The summed E-state index contributed by atoms with van der Waals surface area (Å²) in [6.07, 6.45) is 5.44. The van der Waals surface area contributed by atoms with Crippen molar-refractivity contribution in [2.45, 2.75) is 70.8 Å². The van der Waals surface area contributed by atoms with Crippen LogP contribution in [0.25, 0.3) is 22.1 Å². The molecule has 166 valence electrons. The first-order chi connectivity index (χ1) is 15.5. The molecule has 1 aliphatic heterocycles. The first-order valence-electron chi connectivity index (χ1n) is 12.2. The maximum Gasteiger partial charge on any atom is 0.170 e. The second-order valence-corrected chi connectivity index (χ2v) is 10.6. The van der Waals surface area contributed by atoms with E-state index in [-0.39, 0.29) is 11.0 Å². The molecule has 0 radical (unpaired) electrons. The quantitative estimate of drug-likeness (QED) is 0.455. The molecule has 1 aromatic heterocycles. The van der Waals surface area contributed by atoms with Gasteiger partial charge in [0, 0.05) is 17.0 Å². The van der Waals surface area contributed by atoms with Crippen molar-refractivity contribution < 1.29 is 9.36 Å². The molecule has 1 spiro atoms. The minimum Gasteiger partial charge on any atom is -0.388 e. The molecule has 0 amide bonds. The molecule has 0 unspecified atom stereocenters. The number of hydrogen-bond acceptors (Lipinski definition) is 4. The zero-order valence-corrected chi connectivity index (χ0v) is 19.5. The predicted octanol–water partition coefficient (Wildman–Crippen LogP) is 6.92. The molecule has 2 atom stereocenters. The Kier molecular flexibility index (Phi) is 4.34. The van der Waals surface area contributed by atoms with Crippen molar-refractivity contribution in [2.75, 3.05) is 0 Å². The molecular formula is C28H32N2O2. The SMILES string of the molecule is CC(C)C1(C(C)C)ON=C2[C@@H]1CC[C@]21CCCc2c1noc2-c1cccc2ccccc12. The molecule has 2 aliphatic carbocycles. The minimum absolute atomic E-state index is 0.129. The van der Waals surface area contributed by atoms with E-state index in [1.54, 1.807) is 0 Å². The van der Waals surface area contributed by atoms with Crippen LogP contribution in [0, 0.1) is 17.8 Å². The van der Waals surface area contributed by atoms with Gasteiger partial charge in [-0.15, -0.1) is 0 Å². The summed E-state index contributed by atoms with van der Waals surface area (Å²) in [5.74, 6) is 2.13. The maximum absolute atomic E-state index is 6.35. The lowest BCUT2D eigenvalue weighted by Gasteiger charge is -2.39. The molecule has 1 saturated carbocycles. The normalized spacial score (nSPS) is 25.9. The van der Waals surface area contributed by atoms with Crippen LogP contribution in [0.3, 0.4) is 0 Å². The third-order valence-corrected chi connectivity index (χ3v) is 8.64. The van der Waals surface area contributed by atoms with Crippen molar-refractivity contribution in [1.29, 1.82) is 0 Å². The van der Waals surface area contributed by atoms with E-state index in [9.17, 15) is 0 Å². The highest BCUT2D eigenvalue weighted by Crippen LogP contribution is 2.58. The van der Waals surface area contributed by atoms with Crippen LogP contribution < -0.4 is 0 Å². The third-order valence-electron chi connectivity index (χ3n) is 8.64. The molecule has 32 heavy (non-hydrogen) atoms. The number of rotatable bonds is 3. The van der Waals surface area contributed by atoms with Crippen LogP contribution in [0.5, 0.6) is 0 Å². The number of oxime groups is 1. The standard InChI is InChI=1S/C28H32N2O2/c1-17(2)28(18(3)4)23-14-16-27(26(23)30-32-28)15-8-13-22-24(31-29-25(22)27)21-12-7-10-19-9-5-6-11-20(19)21/h5-7,9-12,17-18,23H,8,13-16H2,1-4H3/t23-,27-/m0/s1. The van der Waals surface area contributed by atoms with Crippen LogP contribution in [0.1, 0.15) is 64.6 Å². The first kappa shape index (κ1) is 20.0. The summed E-state index contributed by atoms with van der Waals surface area (Å²) < 4.78 is 6.15. The predicted molar refractivity (Wildman–Crippen MR) is 128 cm³/mol. The van der Waals surface area contributed by atoms with Gasteiger partial charge in [0.25, 0.3) is 0 Å². The molecule has 3 aliphatic rings. The van der Waals surface area contributed by atoms with Crippen LogP contribution in [0.15, 0.2) is 52.1 Å². The summed E-state index contributed by atoms with van der Waals surface area (Å²) >= 11 is 0. The van der Waals surface area contributed by atoms with E-state index in [0.717, 1.165) is 49.1 Å². The Hall–Kier alpha value is -2.62. The molecule has 0 saturated heterocycles. The van der Waals surface area contributed by atoms with Gasteiger partial charge in [0.05, 0.1) is 16.8 Å². The summed E-state index contributed by atoms with van der Waals surface area (Å²) in [6, 6.07) is 15.0. The number of nitrogens with zero attached hydrogens (tertiary/aromatic N) is 2. The summed E-state index contributed by atoms with van der Waals surface area (Å²) in [4.78, 5) is 6.35. The fourth-order valence-electron chi connectivity index (χ4n) is 7.18. The van der Waals surface area contributed by atoms with Gasteiger partial charge in [-0.1, -0.05) is 80.5 Å². The van der Waals surface area contributed by atoms with Gasteiger partial charge in [-0.25, -0.2) is 0 Å². The number of fused-ring (bicyclic) bond motifs is 5. The second kappa shape index (κ2) is 6.94. The number of hydrogen-bond donors (Lipinski definition) is 0. The Morgan fingerprint density at radius 3 is 2.56 bits per heavy atom. The van der Waals surface area contributed by atoms with E-state index >= 15 is 0 Å². The average Bonchev–Trinajstić information content (AvgIpc) is 3.48. The Balaban J connectivity index is 1.47. The highest BCUT2D eigenvalue weighted by Gasteiger charge is 2.63. The minimum atomic E-state index is -0.210. The van der Waals surface area contributed by atoms with Crippen LogP contribution in [0.4, 0.5) is 0 Å². The molecule has 4 nitrogen and oxygen atoms in total. The maximum atomic E-state index is 6.35. The van der Waals surface area contributed by atoms with Gasteiger partial charge in [-0.3, -0.25) is 0 Å². The average molecular weight is 429 g/mol. The molecule has 2 heterocycles. The molecule has 6 rings (SSSR count). The smallest absolute Gasteiger partial charge is 0.170 e. The Bertz CT molecular complexity index is 1210. The van der Waals surface area contributed by atoms with Crippen LogP contribution in [-0.4, -0.2) is 16.5 Å². The van der Waals surface area contributed by atoms with Gasteiger partial charge in [0.2, 0.25) is 0 Å². The Morgan fingerprint density at radius 1 is 0.969 bits per heavy atom. The van der Waals surface area contributed by atoms with E-state index in [4.69, 9.17) is 19.7 Å². The van der Waals surface area contributed by atoms with Crippen molar-refractivity contribution in [2.24, 2.45) is 22.9 Å². The lowest BCUT2D eigenvalue weighted by molar-refractivity contribution is -0.113. The monoisotopic (exact) mass is 428 g/mol. The van der Waals surface area contributed by atoms with Gasteiger partial charge in [-0.2, -0.15) is 0 Å². The van der Waals surface area contributed by atoms with Gasteiger partial charge in [-0.05, 0) is 54.7 Å². The van der Waals surface area contributed by atoms with E-state index in [1.807, 2.05) is 0 Å². The zero-order valence-electron chi connectivity index (χ0n) is 19.5. The lowest BCUT2D eigenvalue weighted by Crippen LogP contribution is -2.48. The molecule has 4 heteroatoms. The third kappa shape index (κ3) is 2.44.